The quantitative estimate of drug-likeness (QED) is 0.588. The molecule has 2 rings (SSSR count). The number of fused-ring (bicyclic) bond motifs is 1. The highest BCUT2D eigenvalue weighted by atomic mass is 16.8. The third kappa shape index (κ3) is 2.52. The maximum atomic E-state index is 10.7. The Labute approximate surface area is 99.2 Å². The Kier molecular flexibility index (Phi) is 3.26. The average molecular weight is 246 g/mol. The van der Waals surface area contributed by atoms with Crippen LogP contribution in [0.15, 0.2) is 0 Å². The predicted molar refractivity (Wildman–Crippen MR) is 57.2 cm³/mol. The van der Waals surface area contributed by atoms with Gasteiger partial charge in [0.15, 0.2) is 5.79 Å². The van der Waals surface area contributed by atoms with E-state index in [-0.39, 0.29) is 31.5 Å². The van der Waals surface area contributed by atoms with Crippen LogP contribution in [-0.2, 0) is 14.2 Å². The Morgan fingerprint density at radius 2 is 1.94 bits per heavy atom. The summed E-state index contributed by atoms with van der Waals surface area (Å²) >= 11 is 0. The van der Waals surface area contributed by atoms with Crippen molar-refractivity contribution in [1.82, 2.24) is 5.32 Å². The van der Waals surface area contributed by atoms with Gasteiger partial charge in [-0.05, 0) is 13.8 Å². The van der Waals surface area contributed by atoms with Gasteiger partial charge in [0.2, 0.25) is 0 Å². The first-order chi connectivity index (χ1) is 7.93. The molecular formula is C10H18N2O5. The standard InChI is InChI=1S/C10H18N2O5/c1-10(2)16-7-5(3-12-9(11)14)15-6(4-13)8(7)17-10/h5-8,13H,3-4H2,1-2H3,(H3,11,12,14)/t5-,6+,7-,8+/m0/s1. The van der Waals surface area contributed by atoms with Crippen LogP contribution in [0.3, 0.4) is 0 Å². The summed E-state index contributed by atoms with van der Waals surface area (Å²) in [6, 6.07) is -0.615. The first-order valence-electron chi connectivity index (χ1n) is 5.58. The minimum atomic E-state index is -0.697. The molecule has 0 radical (unpaired) electrons. The summed E-state index contributed by atoms with van der Waals surface area (Å²) in [4.78, 5) is 10.7. The Balaban J connectivity index is 2.02. The molecule has 4 N–H and O–H groups in total. The second-order valence-electron chi connectivity index (χ2n) is 4.71. The number of rotatable bonds is 3. The van der Waals surface area contributed by atoms with E-state index < -0.39 is 17.9 Å². The summed E-state index contributed by atoms with van der Waals surface area (Å²) in [5.41, 5.74) is 5.00. The lowest BCUT2D eigenvalue weighted by Gasteiger charge is -2.23. The van der Waals surface area contributed by atoms with E-state index in [1.54, 1.807) is 13.8 Å². The molecule has 0 aromatic carbocycles. The van der Waals surface area contributed by atoms with Gasteiger partial charge >= 0.3 is 6.03 Å². The van der Waals surface area contributed by atoms with E-state index in [4.69, 9.17) is 19.9 Å². The third-order valence-electron chi connectivity index (χ3n) is 2.90. The summed E-state index contributed by atoms with van der Waals surface area (Å²) in [5, 5.41) is 11.7. The molecule has 98 valence electrons. The lowest BCUT2D eigenvalue weighted by molar-refractivity contribution is -0.189. The van der Waals surface area contributed by atoms with Crippen LogP contribution >= 0.6 is 0 Å². The van der Waals surface area contributed by atoms with Gasteiger partial charge in [-0.2, -0.15) is 0 Å². The summed E-state index contributed by atoms with van der Waals surface area (Å²) in [6.07, 6.45) is -1.39. The van der Waals surface area contributed by atoms with E-state index >= 15 is 0 Å². The van der Waals surface area contributed by atoms with Crippen molar-refractivity contribution in [2.75, 3.05) is 13.2 Å². The molecule has 0 bridgehead atoms. The zero-order chi connectivity index (χ0) is 12.6. The van der Waals surface area contributed by atoms with E-state index in [1.165, 1.54) is 0 Å². The summed E-state index contributed by atoms with van der Waals surface area (Å²) < 4.78 is 16.9. The van der Waals surface area contributed by atoms with Crippen molar-refractivity contribution in [2.24, 2.45) is 5.73 Å². The number of nitrogens with one attached hydrogen (secondary N) is 1. The van der Waals surface area contributed by atoms with Crippen LogP contribution in [-0.4, -0.2) is 54.5 Å². The van der Waals surface area contributed by atoms with E-state index in [1.807, 2.05) is 0 Å². The number of nitrogens with two attached hydrogens (primary N) is 1. The Morgan fingerprint density at radius 1 is 1.35 bits per heavy atom. The molecule has 0 aliphatic carbocycles. The highest BCUT2D eigenvalue weighted by Crippen LogP contribution is 2.38. The summed E-state index contributed by atoms with van der Waals surface area (Å²) in [6.45, 7) is 3.71. The number of carbonyl (C=O) groups is 1. The lowest BCUT2D eigenvalue weighted by atomic mass is 10.1. The van der Waals surface area contributed by atoms with Crippen LogP contribution in [0, 0.1) is 0 Å². The first kappa shape index (κ1) is 12.6. The average Bonchev–Trinajstić information content (AvgIpc) is 2.68. The number of hydrogen-bond donors (Lipinski definition) is 3. The van der Waals surface area contributed by atoms with Gasteiger partial charge in [-0.3, -0.25) is 0 Å². The van der Waals surface area contributed by atoms with E-state index in [2.05, 4.69) is 5.32 Å². The fourth-order valence-corrected chi connectivity index (χ4v) is 2.28. The van der Waals surface area contributed by atoms with Crippen molar-refractivity contribution in [3.63, 3.8) is 0 Å². The topological polar surface area (TPSA) is 103 Å². The number of carbonyl (C=O) groups excluding carboxylic acids is 1. The minimum absolute atomic E-state index is 0.145. The van der Waals surface area contributed by atoms with E-state index in [0.29, 0.717) is 0 Å². The third-order valence-corrected chi connectivity index (χ3v) is 2.90. The SMILES string of the molecule is CC1(C)O[C@@H]2[C@H](O1)[C@@H](CO)O[C@H]2CNC(N)=O. The van der Waals surface area contributed by atoms with Crippen molar-refractivity contribution < 1.29 is 24.1 Å². The number of primary amides is 1. The number of aliphatic hydroxyl groups is 1. The fourth-order valence-electron chi connectivity index (χ4n) is 2.28. The van der Waals surface area contributed by atoms with Gasteiger partial charge in [-0.15, -0.1) is 0 Å². The minimum Gasteiger partial charge on any atom is -0.394 e. The molecule has 2 heterocycles. The van der Waals surface area contributed by atoms with Gasteiger partial charge in [-0.1, -0.05) is 0 Å². The summed E-state index contributed by atoms with van der Waals surface area (Å²) in [7, 11) is 0. The van der Waals surface area contributed by atoms with Gasteiger partial charge in [0.25, 0.3) is 0 Å². The van der Waals surface area contributed by atoms with Crippen LogP contribution in [0.5, 0.6) is 0 Å². The Morgan fingerprint density at radius 3 is 2.47 bits per heavy atom. The zero-order valence-corrected chi connectivity index (χ0v) is 9.88. The second-order valence-corrected chi connectivity index (χ2v) is 4.71. The normalized spacial score (nSPS) is 39.0. The molecule has 7 heteroatoms. The lowest BCUT2D eigenvalue weighted by Crippen LogP contribution is -2.41. The number of aliphatic hydroxyl groups excluding tert-OH is 1. The molecule has 2 saturated heterocycles. The van der Waals surface area contributed by atoms with Gasteiger partial charge < -0.3 is 30.4 Å². The smallest absolute Gasteiger partial charge is 0.312 e. The molecular weight excluding hydrogens is 228 g/mol. The maximum Gasteiger partial charge on any atom is 0.312 e. The highest BCUT2D eigenvalue weighted by molar-refractivity contribution is 5.71. The van der Waals surface area contributed by atoms with E-state index in [0.717, 1.165) is 0 Å². The molecule has 0 aromatic rings. The second kappa shape index (κ2) is 4.41. The van der Waals surface area contributed by atoms with Crippen LogP contribution in [0.4, 0.5) is 4.79 Å². The number of ether oxygens (including phenoxy) is 3. The predicted octanol–water partition coefficient (Wildman–Crippen LogP) is -1.07. The Hall–Kier alpha value is -0.890. The van der Waals surface area contributed by atoms with Crippen molar-refractivity contribution in [3.05, 3.63) is 0 Å². The molecule has 2 aliphatic heterocycles. The number of hydrogen-bond acceptors (Lipinski definition) is 5. The molecule has 0 spiro atoms. The maximum absolute atomic E-state index is 10.7. The summed E-state index contributed by atoms with van der Waals surface area (Å²) in [5.74, 6) is -0.697. The van der Waals surface area contributed by atoms with Gasteiger partial charge in [-0.25, -0.2) is 4.79 Å². The monoisotopic (exact) mass is 246 g/mol. The largest absolute Gasteiger partial charge is 0.394 e. The van der Waals surface area contributed by atoms with Crippen molar-refractivity contribution >= 4 is 6.03 Å². The molecule has 4 atom stereocenters. The number of urea groups is 1. The van der Waals surface area contributed by atoms with Gasteiger partial charge in [0.05, 0.1) is 6.61 Å². The molecule has 2 amide bonds. The number of amides is 2. The van der Waals surface area contributed by atoms with Crippen LogP contribution < -0.4 is 11.1 Å². The van der Waals surface area contributed by atoms with Crippen molar-refractivity contribution in [1.29, 1.82) is 0 Å². The van der Waals surface area contributed by atoms with Gasteiger partial charge in [0, 0.05) is 6.54 Å². The fraction of sp³-hybridized carbons (Fsp3) is 0.900. The molecule has 2 aliphatic rings. The van der Waals surface area contributed by atoms with Gasteiger partial charge in [0.1, 0.15) is 24.4 Å². The molecule has 0 aromatic heterocycles. The molecule has 0 unspecified atom stereocenters. The molecule has 2 fully saturated rings. The van der Waals surface area contributed by atoms with Crippen molar-refractivity contribution in [2.45, 2.75) is 44.1 Å². The molecule has 17 heavy (non-hydrogen) atoms. The highest BCUT2D eigenvalue weighted by Gasteiger charge is 2.54. The van der Waals surface area contributed by atoms with Crippen LogP contribution in [0.1, 0.15) is 13.8 Å². The van der Waals surface area contributed by atoms with Crippen LogP contribution in [0.25, 0.3) is 0 Å². The zero-order valence-electron chi connectivity index (χ0n) is 9.88. The first-order valence-corrected chi connectivity index (χ1v) is 5.58. The molecule has 0 saturated carbocycles. The molecule has 7 nitrogen and oxygen atoms in total. The Bertz CT molecular complexity index is 309. The van der Waals surface area contributed by atoms with E-state index in [9.17, 15) is 9.90 Å². The van der Waals surface area contributed by atoms with Crippen molar-refractivity contribution in [3.8, 4) is 0 Å². The van der Waals surface area contributed by atoms with Crippen LogP contribution in [0.2, 0.25) is 0 Å².